The van der Waals surface area contributed by atoms with Crippen LogP contribution in [0.1, 0.15) is 57.1 Å². The fourth-order valence-corrected chi connectivity index (χ4v) is 5.60. The number of fused-ring (bicyclic) bond motifs is 1. The SMILES string of the molecule is CC(=O)Oc1ccc2c(c1)[C@@]13CCCC[C@H]1[C@@H](C2)N(C(C)=O)CC3. The van der Waals surface area contributed by atoms with Crippen LogP contribution in [0.3, 0.4) is 0 Å². The number of ether oxygens (including phenoxy) is 1. The molecule has 3 aliphatic rings. The van der Waals surface area contributed by atoms with Crippen molar-refractivity contribution in [3.05, 3.63) is 29.3 Å². The van der Waals surface area contributed by atoms with Gasteiger partial charge < -0.3 is 9.64 Å². The van der Waals surface area contributed by atoms with Gasteiger partial charge in [0.1, 0.15) is 5.75 Å². The number of hydrogen-bond acceptors (Lipinski definition) is 3. The fraction of sp³-hybridized carbons (Fsp3) is 0.600. The second-order valence-corrected chi connectivity index (χ2v) is 7.65. The number of rotatable bonds is 1. The Morgan fingerprint density at radius 1 is 1.21 bits per heavy atom. The van der Waals surface area contributed by atoms with Gasteiger partial charge in [-0.25, -0.2) is 0 Å². The number of piperidine rings is 1. The van der Waals surface area contributed by atoms with Crippen LogP contribution >= 0.6 is 0 Å². The standard InChI is InChI=1S/C20H25NO3/c1-13(22)21-10-9-20-8-4-3-5-17(20)19(21)11-15-6-7-16(12-18(15)20)24-14(2)23/h6-7,12,17,19H,3-5,8-11H2,1-2H3/t17-,19+,20+/m0/s1. The first-order valence-corrected chi connectivity index (χ1v) is 9.10. The van der Waals surface area contributed by atoms with E-state index in [0.29, 0.717) is 17.7 Å². The topological polar surface area (TPSA) is 46.6 Å². The van der Waals surface area contributed by atoms with E-state index in [4.69, 9.17) is 4.74 Å². The van der Waals surface area contributed by atoms with E-state index in [1.807, 2.05) is 6.07 Å². The molecule has 2 aliphatic carbocycles. The van der Waals surface area contributed by atoms with E-state index in [2.05, 4.69) is 17.0 Å². The summed E-state index contributed by atoms with van der Waals surface area (Å²) in [5, 5.41) is 0. The monoisotopic (exact) mass is 327 g/mol. The molecule has 1 amide bonds. The molecule has 1 saturated carbocycles. The predicted molar refractivity (Wildman–Crippen MR) is 90.9 cm³/mol. The first-order chi connectivity index (χ1) is 11.5. The molecule has 24 heavy (non-hydrogen) atoms. The highest BCUT2D eigenvalue weighted by atomic mass is 16.5. The molecule has 0 N–H and O–H groups in total. The zero-order valence-electron chi connectivity index (χ0n) is 14.5. The Hall–Kier alpha value is -1.84. The number of nitrogens with zero attached hydrogens (tertiary/aromatic N) is 1. The highest BCUT2D eigenvalue weighted by molar-refractivity contribution is 5.74. The second-order valence-electron chi connectivity index (χ2n) is 7.65. The van der Waals surface area contributed by atoms with Gasteiger partial charge in [-0.15, -0.1) is 0 Å². The van der Waals surface area contributed by atoms with Gasteiger partial charge in [0.25, 0.3) is 0 Å². The zero-order valence-corrected chi connectivity index (χ0v) is 14.5. The molecule has 1 aliphatic heterocycles. The molecule has 0 aromatic heterocycles. The summed E-state index contributed by atoms with van der Waals surface area (Å²) < 4.78 is 5.35. The summed E-state index contributed by atoms with van der Waals surface area (Å²) in [4.78, 5) is 25.6. The van der Waals surface area contributed by atoms with Crippen LogP contribution in [-0.2, 0) is 21.4 Å². The maximum Gasteiger partial charge on any atom is 0.308 e. The lowest BCUT2D eigenvalue weighted by molar-refractivity contribution is -0.138. The van der Waals surface area contributed by atoms with Crippen LogP contribution in [0.25, 0.3) is 0 Å². The van der Waals surface area contributed by atoms with E-state index in [9.17, 15) is 9.59 Å². The summed E-state index contributed by atoms with van der Waals surface area (Å²) in [7, 11) is 0. The lowest BCUT2D eigenvalue weighted by Crippen LogP contribution is -2.61. The third-order valence-corrected chi connectivity index (χ3v) is 6.47. The van der Waals surface area contributed by atoms with Crippen molar-refractivity contribution in [2.45, 2.75) is 63.8 Å². The summed E-state index contributed by atoms with van der Waals surface area (Å²) in [6, 6.07) is 6.45. The smallest absolute Gasteiger partial charge is 0.308 e. The molecule has 4 rings (SSSR count). The molecule has 128 valence electrons. The lowest BCUT2D eigenvalue weighted by Gasteiger charge is -2.59. The minimum Gasteiger partial charge on any atom is -0.427 e. The third kappa shape index (κ3) is 2.27. The van der Waals surface area contributed by atoms with E-state index in [0.717, 1.165) is 19.4 Å². The Bertz CT molecular complexity index is 698. The van der Waals surface area contributed by atoms with Gasteiger partial charge in [0.15, 0.2) is 0 Å². The molecule has 2 bridgehead atoms. The number of hydrogen-bond donors (Lipinski definition) is 0. The van der Waals surface area contributed by atoms with Gasteiger partial charge in [-0.2, -0.15) is 0 Å². The van der Waals surface area contributed by atoms with Gasteiger partial charge in [-0.1, -0.05) is 18.9 Å². The van der Waals surface area contributed by atoms with Crippen molar-refractivity contribution >= 4 is 11.9 Å². The van der Waals surface area contributed by atoms with Crippen LogP contribution in [0.4, 0.5) is 0 Å². The summed E-state index contributed by atoms with van der Waals surface area (Å²) in [6.45, 7) is 4.01. The predicted octanol–water partition coefficient (Wildman–Crippen LogP) is 3.22. The Labute approximate surface area is 143 Å². The van der Waals surface area contributed by atoms with Gasteiger partial charge in [-0.3, -0.25) is 9.59 Å². The van der Waals surface area contributed by atoms with E-state index in [1.165, 1.54) is 43.7 Å². The number of esters is 1. The van der Waals surface area contributed by atoms with Crippen LogP contribution in [0.2, 0.25) is 0 Å². The summed E-state index contributed by atoms with van der Waals surface area (Å²) in [6.07, 6.45) is 6.86. The van der Waals surface area contributed by atoms with Crippen molar-refractivity contribution in [2.75, 3.05) is 6.54 Å². The van der Waals surface area contributed by atoms with Gasteiger partial charge in [0.2, 0.25) is 5.91 Å². The Morgan fingerprint density at radius 3 is 2.79 bits per heavy atom. The quantitative estimate of drug-likeness (QED) is 0.588. The molecule has 4 nitrogen and oxygen atoms in total. The Kier molecular flexibility index (Phi) is 3.66. The maximum atomic E-state index is 12.1. The Balaban J connectivity index is 1.81. The fourth-order valence-electron chi connectivity index (χ4n) is 5.60. The first-order valence-electron chi connectivity index (χ1n) is 9.10. The Morgan fingerprint density at radius 2 is 2.04 bits per heavy atom. The van der Waals surface area contributed by atoms with Crippen molar-refractivity contribution in [3.8, 4) is 5.75 Å². The maximum absolute atomic E-state index is 12.1. The largest absolute Gasteiger partial charge is 0.427 e. The molecule has 0 radical (unpaired) electrons. The zero-order chi connectivity index (χ0) is 16.9. The highest BCUT2D eigenvalue weighted by Crippen LogP contribution is 2.56. The molecule has 1 saturated heterocycles. The molecular weight excluding hydrogens is 302 g/mol. The number of carbonyl (C=O) groups excluding carboxylic acids is 2. The summed E-state index contributed by atoms with van der Waals surface area (Å²) >= 11 is 0. The van der Waals surface area contributed by atoms with E-state index >= 15 is 0 Å². The average Bonchev–Trinajstić information content (AvgIpc) is 2.54. The molecular formula is C20H25NO3. The third-order valence-electron chi connectivity index (χ3n) is 6.47. The molecule has 2 fully saturated rings. The summed E-state index contributed by atoms with van der Waals surface area (Å²) in [5.41, 5.74) is 2.88. The molecule has 1 aromatic carbocycles. The van der Waals surface area contributed by atoms with Crippen molar-refractivity contribution in [2.24, 2.45) is 5.92 Å². The van der Waals surface area contributed by atoms with Crippen molar-refractivity contribution in [3.63, 3.8) is 0 Å². The molecule has 0 unspecified atom stereocenters. The van der Waals surface area contributed by atoms with Crippen molar-refractivity contribution in [1.29, 1.82) is 0 Å². The minimum atomic E-state index is -0.271. The molecule has 1 heterocycles. The van der Waals surface area contributed by atoms with E-state index in [-0.39, 0.29) is 17.3 Å². The highest BCUT2D eigenvalue weighted by Gasteiger charge is 2.54. The van der Waals surface area contributed by atoms with Crippen LogP contribution in [-0.4, -0.2) is 29.4 Å². The van der Waals surface area contributed by atoms with Crippen LogP contribution in [0, 0.1) is 5.92 Å². The van der Waals surface area contributed by atoms with Crippen molar-refractivity contribution < 1.29 is 14.3 Å². The number of carbonyl (C=O) groups is 2. The minimum absolute atomic E-state index is 0.165. The normalized spacial score (nSPS) is 31.0. The number of amides is 1. The molecule has 3 atom stereocenters. The summed E-state index contributed by atoms with van der Waals surface area (Å²) in [5.74, 6) is 1.14. The van der Waals surface area contributed by atoms with Gasteiger partial charge in [-0.05, 0) is 54.9 Å². The molecule has 4 heteroatoms. The average molecular weight is 327 g/mol. The molecule has 0 spiro atoms. The molecule has 1 aromatic rings. The first kappa shape index (κ1) is 15.7. The van der Waals surface area contributed by atoms with Gasteiger partial charge >= 0.3 is 5.97 Å². The van der Waals surface area contributed by atoms with Gasteiger partial charge in [0.05, 0.1) is 0 Å². The number of likely N-dealkylation sites (tertiary alicyclic amines) is 1. The van der Waals surface area contributed by atoms with E-state index < -0.39 is 0 Å². The van der Waals surface area contributed by atoms with Gasteiger partial charge in [0, 0.05) is 31.8 Å². The van der Waals surface area contributed by atoms with Crippen LogP contribution in [0.15, 0.2) is 18.2 Å². The van der Waals surface area contributed by atoms with Crippen molar-refractivity contribution in [1.82, 2.24) is 4.90 Å². The number of benzene rings is 1. The van der Waals surface area contributed by atoms with Crippen LogP contribution in [0.5, 0.6) is 5.75 Å². The lowest BCUT2D eigenvalue weighted by atomic mass is 9.52. The van der Waals surface area contributed by atoms with Crippen LogP contribution < -0.4 is 4.74 Å². The second kappa shape index (κ2) is 5.61. The van der Waals surface area contributed by atoms with E-state index in [1.54, 1.807) is 6.92 Å².